The molecule has 0 saturated carbocycles. The Balaban J connectivity index is 1.35. The fourth-order valence-corrected chi connectivity index (χ4v) is 4.28. The van der Waals surface area contributed by atoms with Crippen LogP contribution in [-0.2, 0) is 6.54 Å². The van der Waals surface area contributed by atoms with Gasteiger partial charge in [-0.3, -0.25) is 4.90 Å². The minimum absolute atomic E-state index is 0.864. The van der Waals surface area contributed by atoms with Gasteiger partial charge in [0.25, 0.3) is 0 Å². The summed E-state index contributed by atoms with van der Waals surface area (Å²) in [7, 11) is 3.41. The van der Waals surface area contributed by atoms with Crippen LogP contribution in [0.2, 0.25) is 0 Å². The Bertz CT molecular complexity index is 919. The Kier molecular flexibility index (Phi) is 5.78. The Morgan fingerprint density at radius 2 is 1.64 bits per heavy atom. The number of ether oxygens (including phenoxy) is 2. The van der Waals surface area contributed by atoms with Crippen molar-refractivity contribution in [3.63, 3.8) is 0 Å². The third-order valence-corrected chi connectivity index (χ3v) is 5.98. The number of anilines is 1. The predicted octanol–water partition coefficient (Wildman–Crippen LogP) is 4.15. The first-order valence-electron chi connectivity index (χ1n) is 9.45. The zero-order valence-corrected chi connectivity index (χ0v) is 17.1. The molecule has 28 heavy (non-hydrogen) atoms. The lowest BCUT2D eigenvalue weighted by Gasteiger charge is -2.35. The van der Waals surface area contributed by atoms with Crippen LogP contribution in [0.1, 0.15) is 5.69 Å². The highest BCUT2D eigenvalue weighted by Gasteiger charge is 2.18. The summed E-state index contributed by atoms with van der Waals surface area (Å²) < 4.78 is 10.7. The molecule has 0 N–H and O–H groups in total. The van der Waals surface area contributed by atoms with E-state index in [4.69, 9.17) is 14.5 Å². The Labute approximate surface area is 170 Å². The quantitative estimate of drug-likeness (QED) is 0.627. The molecule has 2 heterocycles. The van der Waals surface area contributed by atoms with Gasteiger partial charge in [0, 0.05) is 55.4 Å². The van der Waals surface area contributed by atoms with E-state index in [-0.39, 0.29) is 0 Å². The summed E-state index contributed by atoms with van der Waals surface area (Å²) in [6.07, 6.45) is 0. The number of thiazole rings is 1. The molecular formula is C22H25N3O2S. The average Bonchev–Trinajstić information content (AvgIpc) is 3.23. The number of benzene rings is 2. The second kappa shape index (κ2) is 8.63. The fraction of sp³-hybridized carbons (Fsp3) is 0.318. The third-order valence-electron chi connectivity index (χ3n) is 5.04. The summed E-state index contributed by atoms with van der Waals surface area (Å²) in [6.45, 7) is 4.99. The zero-order chi connectivity index (χ0) is 19.3. The molecule has 5 nitrogen and oxygen atoms in total. The van der Waals surface area contributed by atoms with Crippen LogP contribution in [0.3, 0.4) is 0 Å². The molecule has 3 aromatic rings. The molecule has 146 valence electrons. The Hall–Kier alpha value is -2.57. The highest BCUT2D eigenvalue weighted by Crippen LogP contribution is 2.28. The molecule has 1 saturated heterocycles. The molecule has 0 atom stereocenters. The first kappa shape index (κ1) is 18.8. The number of rotatable bonds is 6. The molecule has 0 spiro atoms. The molecule has 1 aliphatic heterocycles. The van der Waals surface area contributed by atoms with Crippen LogP contribution in [0.4, 0.5) is 5.69 Å². The van der Waals surface area contributed by atoms with Crippen LogP contribution in [0.15, 0.2) is 53.9 Å². The Morgan fingerprint density at radius 1 is 0.929 bits per heavy atom. The van der Waals surface area contributed by atoms with Gasteiger partial charge in [0.05, 0.1) is 19.9 Å². The number of piperazine rings is 1. The van der Waals surface area contributed by atoms with Crippen LogP contribution < -0.4 is 14.4 Å². The largest absolute Gasteiger partial charge is 0.497 e. The first-order chi connectivity index (χ1) is 13.7. The van der Waals surface area contributed by atoms with Crippen LogP contribution in [0.5, 0.6) is 11.5 Å². The van der Waals surface area contributed by atoms with Crippen molar-refractivity contribution in [3.8, 4) is 22.1 Å². The van der Waals surface area contributed by atoms with Crippen molar-refractivity contribution in [2.75, 3.05) is 45.3 Å². The normalized spacial score (nSPS) is 14.9. The van der Waals surface area contributed by atoms with E-state index in [0.29, 0.717) is 0 Å². The number of methoxy groups -OCH3 is 2. The smallest absolute Gasteiger partial charge is 0.123 e. The number of aromatic nitrogens is 1. The van der Waals surface area contributed by atoms with E-state index in [0.717, 1.165) is 60.5 Å². The summed E-state index contributed by atoms with van der Waals surface area (Å²) in [4.78, 5) is 9.73. The van der Waals surface area contributed by atoms with E-state index in [9.17, 15) is 0 Å². The maximum absolute atomic E-state index is 5.35. The molecule has 0 amide bonds. The minimum atomic E-state index is 0.864. The second-order valence-electron chi connectivity index (χ2n) is 6.84. The molecule has 1 aromatic heterocycles. The molecule has 1 aliphatic rings. The molecule has 4 rings (SSSR count). The van der Waals surface area contributed by atoms with Crippen LogP contribution in [0.25, 0.3) is 10.6 Å². The van der Waals surface area contributed by atoms with Gasteiger partial charge in [0.1, 0.15) is 16.5 Å². The Morgan fingerprint density at radius 3 is 2.39 bits per heavy atom. The van der Waals surface area contributed by atoms with Gasteiger partial charge in [-0.2, -0.15) is 0 Å². The summed E-state index contributed by atoms with van der Waals surface area (Å²) in [5.41, 5.74) is 3.48. The number of hydrogen-bond acceptors (Lipinski definition) is 6. The van der Waals surface area contributed by atoms with E-state index >= 15 is 0 Å². The van der Waals surface area contributed by atoms with Crippen molar-refractivity contribution < 1.29 is 9.47 Å². The van der Waals surface area contributed by atoms with Gasteiger partial charge in [-0.05, 0) is 24.3 Å². The van der Waals surface area contributed by atoms with E-state index < -0.39 is 0 Å². The second-order valence-corrected chi connectivity index (χ2v) is 7.70. The molecular weight excluding hydrogens is 370 g/mol. The summed E-state index contributed by atoms with van der Waals surface area (Å²) in [6, 6.07) is 16.4. The topological polar surface area (TPSA) is 37.8 Å². The molecule has 2 aromatic carbocycles. The maximum Gasteiger partial charge on any atom is 0.123 e. The average molecular weight is 396 g/mol. The first-order valence-corrected chi connectivity index (χ1v) is 10.3. The molecule has 1 fully saturated rings. The van der Waals surface area contributed by atoms with Gasteiger partial charge >= 0.3 is 0 Å². The maximum atomic E-state index is 5.35. The standard InChI is InChI=1S/C22H25N3O2S/c1-26-20-7-3-5-17(13-20)22-23-18(16-28-22)15-24-9-11-25(12-10-24)19-6-4-8-21(14-19)27-2/h3-8,13-14,16H,9-12,15H2,1-2H3. The van der Waals surface area contributed by atoms with Gasteiger partial charge in [0.2, 0.25) is 0 Å². The van der Waals surface area contributed by atoms with Gasteiger partial charge in [-0.25, -0.2) is 4.98 Å². The molecule has 0 unspecified atom stereocenters. The van der Waals surface area contributed by atoms with Crippen molar-refractivity contribution >= 4 is 17.0 Å². The van der Waals surface area contributed by atoms with E-state index in [2.05, 4.69) is 39.4 Å². The lowest BCUT2D eigenvalue weighted by molar-refractivity contribution is 0.247. The fourth-order valence-electron chi connectivity index (χ4n) is 3.47. The highest BCUT2D eigenvalue weighted by atomic mass is 32.1. The van der Waals surface area contributed by atoms with Gasteiger partial charge in [0.15, 0.2) is 0 Å². The van der Waals surface area contributed by atoms with Gasteiger partial charge in [-0.1, -0.05) is 18.2 Å². The zero-order valence-electron chi connectivity index (χ0n) is 16.3. The SMILES string of the molecule is COc1cccc(-c2nc(CN3CCN(c4cccc(OC)c4)CC3)cs2)c1. The third kappa shape index (κ3) is 4.29. The lowest BCUT2D eigenvalue weighted by Crippen LogP contribution is -2.46. The van der Waals surface area contributed by atoms with E-state index in [1.807, 2.05) is 24.3 Å². The van der Waals surface area contributed by atoms with Gasteiger partial charge in [-0.15, -0.1) is 11.3 Å². The van der Waals surface area contributed by atoms with Crippen molar-refractivity contribution in [2.45, 2.75) is 6.54 Å². The molecule has 0 radical (unpaired) electrons. The summed E-state index contributed by atoms with van der Waals surface area (Å²) in [5.74, 6) is 1.77. The number of nitrogens with zero attached hydrogens (tertiary/aromatic N) is 3. The van der Waals surface area contributed by atoms with E-state index in [1.165, 1.54) is 5.69 Å². The van der Waals surface area contributed by atoms with Crippen molar-refractivity contribution in [1.82, 2.24) is 9.88 Å². The van der Waals surface area contributed by atoms with Crippen LogP contribution in [-0.4, -0.2) is 50.3 Å². The van der Waals surface area contributed by atoms with Crippen molar-refractivity contribution in [2.24, 2.45) is 0 Å². The minimum Gasteiger partial charge on any atom is -0.497 e. The van der Waals surface area contributed by atoms with Crippen LogP contribution in [0, 0.1) is 0 Å². The molecule has 6 heteroatoms. The molecule has 0 aliphatic carbocycles. The lowest BCUT2D eigenvalue weighted by atomic mass is 10.2. The van der Waals surface area contributed by atoms with Crippen LogP contribution >= 0.6 is 11.3 Å². The summed E-state index contributed by atoms with van der Waals surface area (Å²) >= 11 is 1.69. The van der Waals surface area contributed by atoms with Crippen molar-refractivity contribution in [3.05, 3.63) is 59.6 Å². The van der Waals surface area contributed by atoms with Gasteiger partial charge < -0.3 is 14.4 Å². The summed E-state index contributed by atoms with van der Waals surface area (Å²) in [5, 5.41) is 3.22. The number of hydrogen-bond donors (Lipinski definition) is 0. The predicted molar refractivity (Wildman–Crippen MR) is 115 cm³/mol. The van der Waals surface area contributed by atoms with E-state index in [1.54, 1.807) is 25.6 Å². The van der Waals surface area contributed by atoms with Crippen molar-refractivity contribution in [1.29, 1.82) is 0 Å². The molecule has 0 bridgehead atoms. The monoisotopic (exact) mass is 395 g/mol. The highest BCUT2D eigenvalue weighted by molar-refractivity contribution is 7.13.